The molecule has 0 saturated heterocycles. The predicted octanol–water partition coefficient (Wildman–Crippen LogP) is 3.12. The van der Waals surface area contributed by atoms with Crippen molar-refractivity contribution in [3.8, 4) is 0 Å². The van der Waals surface area contributed by atoms with Gasteiger partial charge in [0.25, 0.3) is 0 Å². The third kappa shape index (κ3) is 4.24. The second-order valence-electron chi connectivity index (χ2n) is 6.45. The lowest BCUT2D eigenvalue weighted by atomic mass is 10.1. The average Bonchev–Trinajstić information content (AvgIpc) is 2.49. The first kappa shape index (κ1) is 17.3. The summed E-state index contributed by atoms with van der Waals surface area (Å²) < 4.78 is 5.26. The maximum Gasteiger partial charge on any atom is 0.326 e. The zero-order valence-electron chi connectivity index (χ0n) is 14.4. The van der Waals surface area contributed by atoms with E-state index >= 15 is 0 Å². The van der Waals surface area contributed by atoms with Crippen molar-refractivity contribution in [3.63, 3.8) is 0 Å². The smallest absolute Gasteiger partial charge is 0.326 e. The standard InChI is InChI=1S/C18H26N2O3/c1-5-14-18(22)20(11-17(21)23-9-8-12(2)3)16-7-6-13(4)10-15(16)19-14/h6-7,10,12,14,19H,5,8-9,11H2,1-4H3. The van der Waals surface area contributed by atoms with Gasteiger partial charge in [0.15, 0.2) is 0 Å². The van der Waals surface area contributed by atoms with Crippen LogP contribution in [0.1, 0.15) is 39.2 Å². The fourth-order valence-electron chi connectivity index (χ4n) is 2.58. The zero-order valence-corrected chi connectivity index (χ0v) is 14.4. The van der Waals surface area contributed by atoms with Gasteiger partial charge in [-0.2, -0.15) is 0 Å². The first-order valence-electron chi connectivity index (χ1n) is 8.26. The molecule has 1 aliphatic rings. The molecule has 5 heteroatoms. The molecule has 0 bridgehead atoms. The monoisotopic (exact) mass is 318 g/mol. The summed E-state index contributed by atoms with van der Waals surface area (Å²) in [6.07, 6.45) is 1.50. The Bertz CT molecular complexity index is 584. The molecule has 1 aromatic carbocycles. The minimum absolute atomic E-state index is 0.0365. The van der Waals surface area contributed by atoms with E-state index in [0.29, 0.717) is 18.9 Å². The molecule has 0 spiro atoms. The second kappa shape index (κ2) is 7.49. The van der Waals surface area contributed by atoms with Crippen LogP contribution in [0.5, 0.6) is 0 Å². The van der Waals surface area contributed by atoms with Gasteiger partial charge in [-0.3, -0.25) is 14.5 Å². The summed E-state index contributed by atoms with van der Waals surface area (Å²) in [5.74, 6) is 0.0451. The molecule has 1 aliphatic heterocycles. The van der Waals surface area contributed by atoms with Gasteiger partial charge in [-0.05, 0) is 43.4 Å². The van der Waals surface area contributed by atoms with Gasteiger partial charge in [-0.1, -0.05) is 26.8 Å². The number of nitrogens with one attached hydrogen (secondary N) is 1. The molecule has 1 atom stereocenters. The Morgan fingerprint density at radius 2 is 2.13 bits per heavy atom. The van der Waals surface area contributed by atoms with Crippen molar-refractivity contribution in [3.05, 3.63) is 23.8 Å². The van der Waals surface area contributed by atoms with Gasteiger partial charge in [0.05, 0.1) is 18.0 Å². The van der Waals surface area contributed by atoms with Gasteiger partial charge in [0.1, 0.15) is 12.6 Å². The molecule has 0 aliphatic carbocycles. The maximum absolute atomic E-state index is 12.6. The third-order valence-electron chi connectivity index (χ3n) is 3.99. The number of rotatable bonds is 6. The van der Waals surface area contributed by atoms with E-state index in [-0.39, 0.29) is 24.5 Å². The van der Waals surface area contributed by atoms with Crippen molar-refractivity contribution < 1.29 is 14.3 Å². The third-order valence-corrected chi connectivity index (χ3v) is 3.99. The Kier molecular flexibility index (Phi) is 5.64. The molecule has 1 aromatic rings. The molecule has 23 heavy (non-hydrogen) atoms. The van der Waals surface area contributed by atoms with Crippen LogP contribution in [0, 0.1) is 12.8 Å². The number of hydrogen-bond donors (Lipinski definition) is 1. The molecular weight excluding hydrogens is 292 g/mol. The average molecular weight is 318 g/mol. The number of benzene rings is 1. The lowest BCUT2D eigenvalue weighted by molar-refractivity contribution is -0.143. The molecule has 1 heterocycles. The Hall–Kier alpha value is -2.04. The van der Waals surface area contributed by atoms with Gasteiger partial charge >= 0.3 is 5.97 Å². The zero-order chi connectivity index (χ0) is 17.0. The molecule has 1 amide bonds. The highest BCUT2D eigenvalue weighted by Gasteiger charge is 2.32. The van der Waals surface area contributed by atoms with E-state index < -0.39 is 0 Å². The first-order valence-corrected chi connectivity index (χ1v) is 8.26. The Labute approximate surface area is 138 Å². The molecule has 126 valence electrons. The number of carbonyl (C=O) groups excluding carboxylic acids is 2. The first-order chi connectivity index (χ1) is 10.9. The number of anilines is 2. The molecule has 2 rings (SSSR count). The fourth-order valence-corrected chi connectivity index (χ4v) is 2.58. The molecule has 0 fully saturated rings. The highest BCUT2D eigenvalue weighted by Crippen LogP contribution is 2.32. The number of amides is 1. The largest absolute Gasteiger partial charge is 0.464 e. The van der Waals surface area contributed by atoms with Crippen LogP contribution in [0.3, 0.4) is 0 Å². The Morgan fingerprint density at radius 1 is 1.39 bits per heavy atom. The van der Waals surface area contributed by atoms with Crippen molar-refractivity contribution in [2.24, 2.45) is 5.92 Å². The molecule has 1 unspecified atom stereocenters. The SMILES string of the molecule is CCC1Nc2cc(C)ccc2N(CC(=O)OCCC(C)C)C1=O. The van der Waals surface area contributed by atoms with E-state index in [1.165, 1.54) is 4.90 Å². The van der Waals surface area contributed by atoms with Crippen LogP contribution < -0.4 is 10.2 Å². The van der Waals surface area contributed by atoms with Crippen LogP contribution in [0.4, 0.5) is 11.4 Å². The van der Waals surface area contributed by atoms with Gasteiger partial charge in [0, 0.05) is 0 Å². The summed E-state index contributed by atoms with van der Waals surface area (Å²) in [5.41, 5.74) is 2.75. The lowest BCUT2D eigenvalue weighted by Gasteiger charge is -2.34. The minimum Gasteiger partial charge on any atom is -0.464 e. The van der Waals surface area contributed by atoms with E-state index in [0.717, 1.165) is 23.4 Å². The van der Waals surface area contributed by atoms with E-state index in [1.54, 1.807) is 0 Å². The van der Waals surface area contributed by atoms with Crippen LogP contribution in [-0.2, 0) is 14.3 Å². The van der Waals surface area contributed by atoms with Crippen LogP contribution in [0.15, 0.2) is 18.2 Å². The number of esters is 1. The van der Waals surface area contributed by atoms with Crippen LogP contribution in [-0.4, -0.2) is 31.1 Å². The van der Waals surface area contributed by atoms with E-state index in [2.05, 4.69) is 19.2 Å². The van der Waals surface area contributed by atoms with Crippen molar-refractivity contribution >= 4 is 23.3 Å². The number of aryl methyl sites for hydroxylation is 1. The van der Waals surface area contributed by atoms with Gasteiger partial charge in [-0.25, -0.2) is 0 Å². The summed E-state index contributed by atoms with van der Waals surface area (Å²) in [6, 6.07) is 5.52. The normalized spacial score (nSPS) is 17.0. The summed E-state index contributed by atoms with van der Waals surface area (Å²) >= 11 is 0. The van der Waals surface area contributed by atoms with Gasteiger partial charge in [-0.15, -0.1) is 0 Å². The molecule has 5 nitrogen and oxygen atoms in total. The molecule has 0 aromatic heterocycles. The molecular formula is C18H26N2O3. The van der Waals surface area contributed by atoms with Gasteiger partial charge in [0.2, 0.25) is 5.91 Å². The van der Waals surface area contributed by atoms with Crippen molar-refractivity contribution in [2.75, 3.05) is 23.4 Å². The summed E-state index contributed by atoms with van der Waals surface area (Å²) in [7, 11) is 0. The highest BCUT2D eigenvalue weighted by molar-refractivity contribution is 6.07. The summed E-state index contributed by atoms with van der Waals surface area (Å²) in [4.78, 5) is 26.2. The van der Waals surface area contributed by atoms with Crippen LogP contribution >= 0.6 is 0 Å². The molecule has 0 radical (unpaired) electrons. The molecule has 0 saturated carbocycles. The van der Waals surface area contributed by atoms with E-state index in [9.17, 15) is 9.59 Å². The lowest BCUT2D eigenvalue weighted by Crippen LogP contribution is -2.49. The van der Waals surface area contributed by atoms with Crippen LogP contribution in [0.25, 0.3) is 0 Å². The van der Waals surface area contributed by atoms with E-state index in [1.807, 2.05) is 32.0 Å². The predicted molar refractivity (Wildman–Crippen MR) is 91.6 cm³/mol. The van der Waals surface area contributed by atoms with Crippen LogP contribution in [0.2, 0.25) is 0 Å². The quantitative estimate of drug-likeness (QED) is 0.819. The Morgan fingerprint density at radius 3 is 2.78 bits per heavy atom. The number of ether oxygens (including phenoxy) is 1. The number of fused-ring (bicyclic) bond motifs is 1. The number of carbonyl (C=O) groups is 2. The Balaban J connectivity index is 2.13. The van der Waals surface area contributed by atoms with E-state index in [4.69, 9.17) is 4.74 Å². The summed E-state index contributed by atoms with van der Waals surface area (Å²) in [6.45, 7) is 8.48. The summed E-state index contributed by atoms with van der Waals surface area (Å²) in [5, 5.41) is 3.26. The van der Waals surface area contributed by atoms with Crippen molar-refractivity contribution in [1.29, 1.82) is 0 Å². The fraction of sp³-hybridized carbons (Fsp3) is 0.556. The minimum atomic E-state index is -0.359. The topological polar surface area (TPSA) is 58.6 Å². The second-order valence-corrected chi connectivity index (χ2v) is 6.45. The van der Waals surface area contributed by atoms with Crippen molar-refractivity contribution in [2.45, 2.75) is 46.6 Å². The highest BCUT2D eigenvalue weighted by atomic mass is 16.5. The van der Waals surface area contributed by atoms with Gasteiger partial charge < -0.3 is 10.1 Å². The number of hydrogen-bond acceptors (Lipinski definition) is 4. The number of nitrogens with zero attached hydrogens (tertiary/aromatic N) is 1. The maximum atomic E-state index is 12.6. The molecule has 1 N–H and O–H groups in total. The van der Waals surface area contributed by atoms with Crippen molar-refractivity contribution in [1.82, 2.24) is 0 Å².